The molecular formula is C16H21N3O2. The minimum absolute atomic E-state index is 0.0193. The molecule has 0 bridgehead atoms. The molecule has 2 heterocycles. The average molecular weight is 287 g/mol. The molecule has 0 unspecified atom stereocenters. The van der Waals surface area contributed by atoms with Gasteiger partial charge in [0.15, 0.2) is 0 Å². The van der Waals surface area contributed by atoms with E-state index in [1.807, 2.05) is 17.0 Å². The lowest BCUT2D eigenvalue weighted by molar-refractivity contribution is -0.130. The fraction of sp³-hybridized carbons (Fsp3) is 0.500. The van der Waals surface area contributed by atoms with Crippen LogP contribution >= 0.6 is 0 Å². The first-order valence-electron chi connectivity index (χ1n) is 7.67. The van der Waals surface area contributed by atoms with Crippen LogP contribution in [0.15, 0.2) is 18.2 Å². The van der Waals surface area contributed by atoms with E-state index in [0.29, 0.717) is 5.56 Å². The average Bonchev–Trinajstić information content (AvgIpc) is 3.00. The fourth-order valence-corrected chi connectivity index (χ4v) is 2.96. The van der Waals surface area contributed by atoms with Gasteiger partial charge in [-0.2, -0.15) is 0 Å². The van der Waals surface area contributed by atoms with E-state index in [0.717, 1.165) is 44.6 Å². The van der Waals surface area contributed by atoms with Crippen LogP contribution in [0, 0.1) is 0 Å². The van der Waals surface area contributed by atoms with Crippen LogP contribution in [0.4, 0.5) is 5.69 Å². The van der Waals surface area contributed by atoms with Crippen molar-refractivity contribution in [2.45, 2.75) is 25.7 Å². The zero-order chi connectivity index (χ0) is 14.7. The monoisotopic (exact) mass is 287 g/mol. The molecule has 1 aromatic carbocycles. The van der Waals surface area contributed by atoms with Crippen molar-refractivity contribution in [2.24, 2.45) is 0 Å². The largest absolute Gasteiger partial charge is 0.384 e. The lowest BCUT2D eigenvalue weighted by atomic mass is 10.1. The maximum absolute atomic E-state index is 12.1. The number of nitrogens with one attached hydrogen (secondary N) is 2. The van der Waals surface area contributed by atoms with Crippen LogP contribution < -0.4 is 10.6 Å². The molecule has 0 atom stereocenters. The number of nitrogens with zero attached hydrogens (tertiary/aromatic N) is 1. The summed E-state index contributed by atoms with van der Waals surface area (Å²) in [6.45, 7) is 2.65. The van der Waals surface area contributed by atoms with E-state index in [-0.39, 0.29) is 18.4 Å². The number of benzene rings is 1. The first-order chi connectivity index (χ1) is 10.2. The van der Waals surface area contributed by atoms with Crippen molar-refractivity contribution in [3.8, 4) is 0 Å². The van der Waals surface area contributed by atoms with Gasteiger partial charge in [-0.25, -0.2) is 0 Å². The minimum Gasteiger partial charge on any atom is -0.384 e. The Kier molecular flexibility index (Phi) is 4.08. The highest BCUT2D eigenvalue weighted by molar-refractivity contribution is 5.97. The summed E-state index contributed by atoms with van der Waals surface area (Å²) in [5.41, 5.74) is 2.91. The molecule has 3 rings (SSSR count). The number of amides is 2. The summed E-state index contributed by atoms with van der Waals surface area (Å²) < 4.78 is 0. The molecule has 112 valence electrons. The molecular weight excluding hydrogens is 266 g/mol. The van der Waals surface area contributed by atoms with E-state index in [1.165, 1.54) is 12.0 Å². The topological polar surface area (TPSA) is 61.4 Å². The van der Waals surface area contributed by atoms with Crippen molar-refractivity contribution in [3.05, 3.63) is 29.3 Å². The maximum atomic E-state index is 12.1. The predicted molar refractivity (Wildman–Crippen MR) is 81.4 cm³/mol. The molecule has 0 saturated carbocycles. The van der Waals surface area contributed by atoms with Crippen LogP contribution in [0.3, 0.4) is 0 Å². The Morgan fingerprint density at radius 2 is 2.00 bits per heavy atom. The molecule has 2 aliphatic heterocycles. The lowest BCUT2D eigenvalue weighted by Gasteiger charge is -2.26. The second kappa shape index (κ2) is 6.16. The summed E-state index contributed by atoms with van der Waals surface area (Å²) in [4.78, 5) is 26.0. The van der Waals surface area contributed by atoms with Crippen LogP contribution in [0.1, 0.15) is 35.2 Å². The summed E-state index contributed by atoms with van der Waals surface area (Å²) in [6, 6.07) is 5.65. The first-order valence-corrected chi connectivity index (χ1v) is 7.67. The molecule has 0 aromatic heterocycles. The highest BCUT2D eigenvalue weighted by Crippen LogP contribution is 2.22. The number of carbonyl (C=O) groups is 2. The van der Waals surface area contributed by atoms with Crippen molar-refractivity contribution in [1.82, 2.24) is 10.2 Å². The molecule has 21 heavy (non-hydrogen) atoms. The van der Waals surface area contributed by atoms with E-state index in [9.17, 15) is 9.59 Å². The fourth-order valence-electron chi connectivity index (χ4n) is 2.96. The summed E-state index contributed by atoms with van der Waals surface area (Å²) >= 11 is 0. The molecule has 0 aliphatic carbocycles. The van der Waals surface area contributed by atoms with Crippen molar-refractivity contribution >= 4 is 17.5 Å². The standard InChI is InChI=1S/C16H21N3O2/c20-15(19-8-2-1-3-9-19)11-18-16(21)13-4-5-14-12(10-13)6-7-17-14/h4-5,10,17H,1-3,6-9,11H2,(H,18,21). The highest BCUT2D eigenvalue weighted by Gasteiger charge is 2.18. The molecule has 1 saturated heterocycles. The van der Waals surface area contributed by atoms with E-state index >= 15 is 0 Å². The Balaban J connectivity index is 1.55. The Hall–Kier alpha value is -2.04. The van der Waals surface area contributed by atoms with Gasteiger partial charge in [-0.15, -0.1) is 0 Å². The quantitative estimate of drug-likeness (QED) is 0.883. The SMILES string of the molecule is O=C(NCC(=O)N1CCCCC1)c1ccc2c(c1)CCN2. The summed E-state index contributed by atoms with van der Waals surface area (Å²) in [6.07, 6.45) is 4.28. The van der Waals surface area contributed by atoms with Crippen LogP contribution in [-0.4, -0.2) is 42.9 Å². The third-order valence-corrected chi connectivity index (χ3v) is 4.19. The van der Waals surface area contributed by atoms with Gasteiger partial charge in [0.1, 0.15) is 0 Å². The molecule has 2 amide bonds. The van der Waals surface area contributed by atoms with Gasteiger partial charge < -0.3 is 15.5 Å². The number of carbonyl (C=O) groups excluding carboxylic acids is 2. The van der Waals surface area contributed by atoms with Gasteiger partial charge in [0.05, 0.1) is 6.54 Å². The number of fused-ring (bicyclic) bond motifs is 1. The third kappa shape index (κ3) is 3.17. The molecule has 5 heteroatoms. The van der Waals surface area contributed by atoms with Crippen LogP contribution in [0.25, 0.3) is 0 Å². The Morgan fingerprint density at radius 1 is 1.19 bits per heavy atom. The van der Waals surface area contributed by atoms with Crippen LogP contribution in [-0.2, 0) is 11.2 Å². The number of piperidine rings is 1. The molecule has 1 aromatic rings. The van der Waals surface area contributed by atoms with Gasteiger partial charge in [-0.1, -0.05) is 0 Å². The Bertz CT molecular complexity index is 550. The summed E-state index contributed by atoms with van der Waals surface area (Å²) in [5.74, 6) is -0.152. The van der Waals surface area contributed by atoms with Crippen LogP contribution in [0.2, 0.25) is 0 Å². The molecule has 0 radical (unpaired) electrons. The van der Waals surface area contributed by atoms with Crippen molar-refractivity contribution in [1.29, 1.82) is 0 Å². The molecule has 5 nitrogen and oxygen atoms in total. The first kappa shape index (κ1) is 13.9. The van der Waals surface area contributed by atoms with Crippen molar-refractivity contribution < 1.29 is 9.59 Å². The van der Waals surface area contributed by atoms with Crippen LogP contribution in [0.5, 0.6) is 0 Å². The zero-order valence-electron chi connectivity index (χ0n) is 12.2. The predicted octanol–water partition coefficient (Wildman–Crippen LogP) is 1.40. The van der Waals surface area contributed by atoms with Gasteiger partial charge in [-0.3, -0.25) is 9.59 Å². The minimum atomic E-state index is -0.171. The van der Waals surface area contributed by atoms with Crippen molar-refractivity contribution in [3.63, 3.8) is 0 Å². The number of anilines is 1. The molecule has 2 N–H and O–H groups in total. The summed E-state index contributed by atoms with van der Waals surface area (Å²) in [5, 5.41) is 6.00. The van der Waals surface area contributed by atoms with Gasteiger partial charge in [0.25, 0.3) is 5.91 Å². The van der Waals surface area contributed by atoms with Gasteiger partial charge >= 0.3 is 0 Å². The Labute approximate surface area is 124 Å². The van der Waals surface area contributed by atoms with E-state index in [2.05, 4.69) is 10.6 Å². The maximum Gasteiger partial charge on any atom is 0.251 e. The molecule has 2 aliphatic rings. The second-order valence-corrected chi connectivity index (χ2v) is 5.67. The highest BCUT2D eigenvalue weighted by atomic mass is 16.2. The zero-order valence-corrected chi connectivity index (χ0v) is 12.2. The van der Waals surface area contributed by atoms with E-state index < -0.39 is 0 Å². The van der Waals surface area contributed by atoms with Gasteiger partial charge in [-0.05, 0) is 49.4 Å². The van der Waals surface area contributed by atoms with Gasteiger partial charge in [0.2, 0.25) is 5.91 Å². The molecule has 0 spiro atoms. The van der Waals surface area contributed by atoms with Crippen molar-refractivity contribution in [2.75, 3.05) is 31.5 Å². The van der Waals surface area contributed by atoms with Gasteiger partial charge in [0, 0.05) is 30.9 Å². The smallest absolute Gasteiger partial charge is 0.251 e. The number of likely N-dealkylation sites (tertiary alicyclic amines) is 1. The number of rotatable bonds is 3. The second-order valence-electron chi connectivity index (χ2n) is 5.67. The number of hydrogen-bond donors (Lipinski definition) is 2. The lowest BCUT2D eigenvalue weighted by Crippen LogP contribution is -2.42. The Morgan fingerprint density at radius 3 is 2.81 bits per heavy atom. The van der Waals surface area contributed by atoms with E-state index in [4.69, 9.17) is 0 Å². The number of hydrogen-bond acceptors (Lipinski definition) is 3. The van der Waals surface area contributed by atoms with E-state index in [1.54, 1.807) is 6.07 Å². The normalized spacial score (nSPS) is 17.0. The summed E-state index contributed by atoms with van der Waals surface area (Å²) in [7, 11) is 0. The molecule has 1 fully saturated rings. The third-order valence-electron chi connectivity index (χ3n) is 4.19.